The summed E-state index contributed by atoms with van der Waals surface area (Å²) >= 11 is 0. The largest absolute Gasteiger partial charge is 0.481 e. The van der Waals surface area contributed by atoms with Gasteiger partial charge in [0, 0.05) is 29.1 Å². The van der Waals surface area contributed by atoms with Crippen LogP contribution in [0.4, 0.5) is 0 Å². The van der Waals surface area contributed by atoms with Crippen molar-refractivity contribution in [2.45, 2.75) is 18.8 Å². The molecule has 25 heavy (non-hydrogen) atoms. The number of rotatable bonds is 3. The van der Waals surface area contributed by atoms with E-state index in [0.717, 1.165) is 39.1 Å². The summed E-state index contributed by atoms with van der Waals surface area (Å²) in [4.78, 5) is 14.3. The van der Waals surface area contributed by atoms with Gasteiger partial charge >= 0.3 is 0 Å². The molecule has 1 aromatic carbocycles. The first-order valence-corrected chi connectivity index (χ1v) is 8.43. The number of pyridine rings is 2. The molecule has 0 spiro atoms. The average molecular weight is 331 g/mol. The summed E-state index contributed by atoms with van der Waals surface area (Å²) < 4.78 is 7.36. The van der Waals surface area contributed by atoms with Crippen LogP contribution in [-0.4, -0.2) is 21.7 Å². The molecular weight excluding hydrogens is 314 g/mol. The molecule has 1 saturated carbocycles. The van der Waals surface area contributed by atoms with Crippen LogP contribution in [0, 0.1) is 0 Å². The predicted molar refractivity (Wildman–Crippen MR) is 97.3 cm³/mol. The van der Waals surface area contributed by atoms with E-state index in [9.17, 15) is 4.79 Å². The molecule has 0 atom stereocenters. The highest BCUT2D eigenvalue weighted by atomic mass is 16.5. The van der Waals surface area contributed by atoms with E-state index in [4.69, 9.17) is 9.84 Å². The van der Waals surface area contributed by atoms with Crippen LogP contribution >= 0.6 is 0 Å². The first-order valence-electron chi connectivity index (χ1n) is 8.43. The highest BCUT2D eigenvalue weighted by Crippen LogP contribution is 2.41. The van der Waals surface area contributed by atoms with Crippen LogP contribution < -0.4 is 10.3 Å². The van der Waals surface area contributed by atoms with Crippen LogP contribution in [-0.2, 0) is 0 Å². The molecule has 0 amide bonds. The number of nitrogens with one attached hydrogen (secondary N) is 1. The standard InChI is InChI=1S/C20H17N3O2/c1-25-20-9-6-15(18-11-17(12-2-3-12)22-23(18)20)13-4-7-16-14(10-13)5-8-19(24)21-16/h4-12H,2-3H2,1H3,(H,21,24). The minimum Gasteiger partial charge on any atom is -0.481 e. The number of nitrogens with zero attached hydrogens (tertiary/aromatic N) is 2. The van der Waals surface area contributed by atoms with Crippen LogP contribution in [0.1, 0.15) is 24.5 Å². The lowest BCUT2D eigenvalue weighted by Gasteiger charge is -2.09. The van der Waals surface area contributed by atoms with Gasteiger partial charge in [0.15, 0.2) is 0 Å². The third-order valence-electron chi connectivity index (χ3n) is 4.85. The Balaban J connectivity index is 1.74. The van der Waals surface area contributed by atoms with Crippen molar-refractivity contribution in [3.05, 3.63) is 64.6 Å². The van der Waals surface area contributed by atoms with E-state index >= 15 is 0 Å². The molecule has 3 heterocycles. The van der Waals surface area contributed by atoms with Gasteiger partial charge in [-0.25, -0.2) is 4.52 Å². The Hall–Kier alpha value is -3.08. The van der Waals surface area contributed by atoms with Gasteiger partial charge in [0.05, 0.1) is 18.3 Å². The van der Waals surface area contributed by atoms with Gasteiger partial charge in [-0.2, -0.15) is 5.10 Å². The molecule has 1 aliphatic rings. The van der Waals surface area contributed by atoms with E-state index < -0.39 is 0 Å². The molecule has 4 aromatic rings. The summed E-state index contributed by atoms with van der Waals surface area (Å²) in [6, 6.07) is 15.7. The lowest BCUT2D eigenvalue weighted by atomic mass is 10.0. The van der Waals surface area contributed by atoms with E-state index in [2.05, 4.69) is 23.2 Å². The van der Waals surface area contributed by atoms with Crippen LogP contribution in [0.3, 0.4) is 0 Å². The molecule has 1 N–H and O–H groups in total. The Morgan fingerprint density at radius 1 is 1.12 bits per heavy atom. The Morgan fingerprint density at radius 2 is 2.00 bits per heavy atom. The van der Waals surface area contributed by atoms with Crippen LogP contribution in [0.2, 0.25) is 0 Å². The first kappa shape index (κ1) is 14.3. The number of benzene rings is 1. The maximum atomic E-state index is 11.5. The summed E-state index contributed by atoms with van der Waals surface area (Å²) in [7, 11) is 1.67. The van der Waals surface area contributed by atoms with Gasteiger partial charge in [0.1, 0.15) is 0 Å². The molecule has 0 bridgehead atoms. The van der Waals surface area contributed by atoms with Crippen molar-refractivity contribution >= 4 is 16.4 Å². The van der Waals surface area contributed by atoms with Gasteiger partial charge in [0.25, 0.3) is 0 Å². The van der Waals surface area contributed by atoms with E-state index in [0.29, 0.717) is 5.92 Å². The maximum absolute atomic E-state index is 11.5. The number of fused-ring (bicyclic) bond motifs is 2. The van der Waals surface area contributed by atoms with E-state index in [1.165, 1.54) is 12.8 Å². The third kappa shape index (κ3) is 2.31. The van der Waals surface area contributed by atoms with Crippen LogP contribution in [0.25, 0.3) is 27.5 Å². The zero-order valence-electron chi connectivity index (χ0n) is 13.8. The molecule has 0 radical (unpaired) electrons. The summed E-state index contributed by atoms with van der Waals surface area (Å²) in [5.74, 6) is 1.31. The molecular formula is C20H17N3O2. The smallest absolute Gasteiger partial charge is 0.248 e. The molecule has 124 valence electrons. The second-order valence-electron chi connectivity index (χ2n) is 6.55. The number of hydrogen-bond donors (Lipinski definition) is 1. The Kier molecular flexibility index (Phi) is 2.98. The van der Waals surface area contributed by atoms with Crippen molar-refractivity contribution in [1.82, 2.24) is 14.6 Å². The molecule has 5 heteroatoms. The topological polar surface area (TPSA) is 59.4 Å². The monoisotopic (exact) mass is 331 g/mol. The van der Waals surface area contributed by atoms with Gasteiger partial charge in [-0.3, -0.25) is 4.79 Å². The van der Waals surface area contributed by atoms with Crippen molar-refractivity contribution in [2.24, 2.45) is 0 Å². The van der Waals surface area contributed by atoms with E-state index in [1.807, 2.05) is 28.8 Å². The zero-order valence-corrected chi connectivity index (χ0v) is 13.8. The molecule has 5 rings (SSSR count). The van der Waals surface area contributed by atoms with Gasteiger partial charge in [-0.15, -0.1) is 0 Å². The van der Waals surface area contributed by atoms with Crippen LogP contribution in [0.5, 0.6) is 5.88 Å². The first-order chi connectivity index (χ1) is 12.2. The molecule has 0 aliphatic heterocycles. The van der Waals surface area contributed by atoms with E-state index in [-0.39, 0.29) is 5.56 Å². The van der Waals surface area contributed by atoms with Gasteiger partial charge < -0.3 is 9.72 Å². The number of ether oxygens (including phenoxy) is 1. The highest BCUT2D eigenvalue weighted by Gasteiger charge is 2.27. The molecule has 1 fully saturated rings. The lowest BCUT2D eigenvalue weighted by molar-refractivity contribution is 0.385. The fourth-order valence-corrected chi connectivity index (χ4v) is 3.37. The quantitative estimate of drug-likeness (QED) is 0.622. The predicted octanol–water partition coefficient (Wildman–Crippen LogP) is 3.73. The summed E-state index contributed by atoms with van der Waals surface area (Å²) in [6.07, 6.45) is 2.43. The number of aromatic nitrogens is 3. The van der Waals surface area contributed by atoms with Gasteiger partial charge in [-0.1, -0.05) is 6.07 Å². The van der Waals surface area contributed by atoms with Gasteiger partial charge in [-0.05, 0) is 54.1 Å². The SMILES string of the molecule is COc1ccc(-c2ccc3[nH]c(=O)ccc3c2)c2cc(C3CC3)nn12. The summed E-state index contributed by atoms with van der Waals surface area (Å²) in [5, 5.41) is 5.76. The number of methoxy groups -OCH3 is 1. The second kappa shape index (κ2) is 5.21. The highest BCUT2D eigenvalue weighted by molar-refractivity contribution is 5.89. The maximum Gasteiger partial charge on any atom is 0.248 e. The number of H-pyrrole nitrogens is 1. The Labute approximate surface area is 143 Å². The zero-order chi connectivity index (χ0) is 17.0. The lowest BCUT2D eigenvalue weighted by Crippen LogP contribution is -2.02. The second-order valence-corrected chi connectivity index (χ2v) is 6.55. The van der Waals surface area contributed by atoms with Crippen molar-refractivity contribution < 1.29 is 4.74 Å². The minimum absolute atomic E-state index is 0.0862. The van der Waals surface area contributed by atoms with Crippen molar-refractivity contribution in [3.8, 4) is 17.0 Å². The molecule has 1 aliphatic carbocycles. The minimum atomic E-state index is -0.0862. The van der Waals surface area contributed by atoms with Crippen molar-refractivity contribution in [2.75, 3.05) is 7.11 Å². The van der Waals surface area contributed by atoms with Crippen LogP contribution in [0.15, 0.2) is 53.3 Å². The Morgan fingerprint density at radius 3 is 2.80 bits per heavy atom. The average Bonchev–Trinajstić information content (AvgIpc) is 3.39. The Bertz CT molecular complexity index is 1170. The molecule has 0 unspecified atom stereocenters. The fraction of sp³-hybridized carbons (Fsp3) is 0.200. The van der Waals surface area contributed by atoms with Crippen molar-refractivity contribution in [1.29, 1.82) is 0 Å². The summed E-state index contributed by atoms with van der Waals surface area (Å²) in [6.45, 7) is 0. The molecule has 5 nitrogen and oxygen atoms in total. The van der Waals surface area contributed by atoms with E-state index in [1.54, 1.807) is 13.2 Å². The molecule has 0 saturated heterocycles. The van der Waals surface area contributed by atoms with Gasteiger partial charge in [0.2, 0.25) is 11.4 Å². The third-order valence-corrected chi connectivity index (χ3v) is 4.85. The normalized spacial score (nSPS) is 14.3. The number of aromatic amines is 1. The fourth-order valence-electron chi connectivity index (χ4n) is 3.37. The number of hydrogen-bond acceptors (Lipinski definition) is 3. The molecule has 3 aromatic heterocycles. The van der Waals surface area contributed by atoms with Crippen molar-refractivity contribution in [3.63, 3.8) is 0 Å². The summed E-state index contributed by atoms with van der Waals surface area (Å²) in [5.41, 5.74) is 5.13.